The van der Waals surface area contributed by atoms with Crippen LogP contribution in [-0.2, 0) is 17.6 Å². The minimum atomic E-state index is 0.137. The van der Waals surface area contributed by atoms with E-state index < -0.39 is 0 Å². The molecule has 3 saturated heterocycles. The van der Waals surface area contributed by atoms with Gasteiger partial charge in [-0.05, 0) is 99.4 Å². The van der Waals surface area contributed by atoms with Crippen LogP contribution >= 0.6 is 11.8 Å². The molecular formula is C32H43N3O2S. The van der Waals surface area contributed by atoms with Gasteiger partial charge in [0.1, 0.15) is 0 Å². The topological polar surface area (TPSA) is 36.0 Å². The van der Waals surface area contributed by atoms with Gasteiger partial charge >= 0.3 is 0 Å². The number of ether oxygens (including phenoxy) is 1. The van der Waals surface area contributed by atoms with Gasteiger partial charge in [0.05, 0.1) is 11.8 Å². The van der Waals surface area contributed by atoms with Crippen molar-refractivity contribution in [1.29, 1.82) is 0 Å². The predicted molar refractivity (Wildman–Crippen MR) is 158 cm³/mol. The highest BCUT2D eigenvalue weighted by Gasteiger charge is 2.42. The van der Waals surface area contributed by atoms with E-state index >= 15 is 0 Å². The second-order valence-electron chi connectivity index (χ2n) is 11.7. The smallest absolute Gasteiger partial charge is 0.258 e. The highest BCUT2D eigenvalue weighted by atomic mass is 32.2. The molecule has 0 spiro atoms. The highest BCUT2D eigenvalue weighted by molar-refractivity contribution is 7.98. The molecule has 5 nitrogen and oxygen atoms in total. The van der Waals surface area contributed by atoms with Crippen LogP contribution in [0.15, 0.2) is 41.3 Å². The maximum absolute atomic E-state index is 13.6. The van der Waals surface area contributed by atoms with Gasteiger partial charge in [-0.3, -0.25) is 9.69 Å². The number of carbonyl (C=O) groups is 1. The van der Waals surface area contributed by atoms with Gasteiger partial charge in [0.2, 0.25) is 0 Å². The molecule has 4 aliphatic heterocycles. The fourth-order valence-electron chi connectivity index (χ4n) is 7.13. The van der Waals surface area contributed by atoms with Crippen LogP contribution in [0.5, 0.6) is 0 Å². The molecule has 0 aliphatic carbocycles. The second kappa shape index (κ2) is 11.2. The number of benzene rings is 2. The monoisotopic (exact) mass is 533 g/mol. The molecule has 0 N–H and O–H groups in total. The Labute approximate surface area is 232 Å². The summed E-state index contributed by atoms with van der Waals surface area (Å²) in [6, 6.07) is 14.5. The summed E-state index contributed by atoms with van der Waals surface area (Å²) in [6.45, 7) is 9.87. The fraction of sp³-hybridized carbons (Fsp3) is 0.594. The molecule has 0 bridgehead atoms. The molecule has 3 fully saturated rings. The van der Waals surface area contributed by atoms with E-state index in [4.69, 9.17) is 4.74 Å². The maximum Gasteiger partial charge on any atom is 0.258 e. The Kier molecular flexibility index (Phi) is 7.75. The zero-order valence-corrected chi connectivity index (χ0v) is 24.1. The number of aryl methyl sites for hydroxylation is 1. The van der Waals surface area contributed by atoms with Crippen molar-refractivity contribution in [3.05, 3.63) is 53.1 Å². The lowest BCUT2D eigenvalue weighted by atomic mass is 9.94. The van der Waals surface area contributed by atoms with E-state index in [0.717, 1.165) is 56.1 Å². The Hall–Kier alpha value is -2.02. The van der Waals surface area contributed by atoms with Crippen LogP contribution in [0.2, 0.25) is 0 Å². The molecule has 4 heterocycles. The molecule has 38 heavy (non-hydrogen) atoms. The fourth-order valence-corrected chi connectivity index (χ4v) is 7.76. The average molecular weight is 534 g/mol. The maximum atomic E-state index is 13.6. The number of hydrogen-bond donors (Lipinski definition) is 0. The summed E-state index contributed by atoms with van der Waals surface area (Å²) < 4.78 is 5.80. The minimum Gasteiger partial charge on any atom is -0.378 e. The van der Waals surface area contributed by atoms with Gasteiger partial charge in [0.15, 0.2) is 0 Å². The summed E-state index contributed by atoms with van der Waals surface area (Å²) in [7, 11) is 0. The lowest BCUT2D eigenvalue weighted by molar-refractivity contribution is 0.0980. The average Bonchev–Trinajstić information content (AvgIpc) is 3.69. The first kappa shape index (κ1) is 26.2. The molecule has 204 valence electrons. The lowest BCUT2D eigenvalue weighted by Gasteiger charge is -2.32. The van der Waals surface area contributed by atoms with E-state index in [1.807, 2.05) is 16.7 Å². The van der Waals surface area contributed by atoms with Crippen molar-refractivity contribution in [2.75, 3.05) is 48.8 Å². The highest BCUT2D eigenvalue weighted by Crippen LogP contribution is 2.41. The van der Waals surface area contributed by atoms with Crippen molar-refractivity contribution in [1.82, 2.24) is 4.90 Å². The van der Waals surface area contributed by atoms with E-state index in [9.17, 15) is 4.79 Å². The predicted octanol–water partition coefficient (Wildman–Crippen LogP) is 6.03. The molecular weight excluding hydrogens is 490 g/mol. The number of hydrogen-bond acceptors (Lipinski definition) is 5. The van der Waals surface area contributed by atoms with Crippen LogP contribution in [0.1, 0.15) is 67.4 Å². The zero-order valence-electron chi connectivity index (χ0n) is 23.3. The quantitative estimate of drug-likeness (QED) is 0.387. The molecule has 4 atom stereocenters. The number of amides is 1. The second-order valence-corrected chi connectivity index (χ2v) is 12.6. The zero-order chi connectivity index (χ0) is 26.2. The first-order chi connectivity index (χ1) is 18.6. The van der Waals surface area contributed by atoms with E-state index in [1.165, 1.54) is 60.5 Å². The van der Waals surface area contributed by atoms with Crippen molar-refractivity contribution in [3.8, 4) is 0 Å². The molecule has 4 aliphatic rings. The molecule has 2 aromatic rings. The molecule has 4 unspecified atom stereocenters. The molecule has 1 amide bonds. The third-order valence-corrected chi connectivity index (χ3v) is 10.4. The van der Waals surface area contributed by atoms with Gasteiger partial charge in [-0.2, -0.15) is 0 Å². The van der Waals surface area contributed by atoms with Crippen LogP contribution in [-0.4, -0.2) is 68.0 Å². The van der Waals surface area contributed by atoms with Gasteiger partial charge in [-0.25, -0.2) is 0 Å². The molecule has 0 radical (unpaired) electrons. The third-order valence-electron chi connectivity index (χ3n) is 9.60. The largest absolute Gasteiger partial charge is 0.378 e. The Balaban J connectivity index is 1.17. The number of rotatable bonds is 8. The Bertz CT molecular complexity index is 1160. The normalized spacial score (nSPS) is 26.2. The molecule has 0 aromatic heterocycles. The summed E-state index contributed by atoms with van der Waals surface area (Å²) in [4.78, 5) is 22.2. The van der Waals surface area contributed by atoms with Crippen LogP contribution in [0.4, 0.5) is 11.4 Å². The number of thioether (sulfide) groups is 1. The molecule has 6 rings (SSSR count). The van der Waals surface area contributed by atoms with Crippen molar-refractivity contribution in [2.45, 2.75) is 81.9 Å². The van der Waals surface area contributed by atoms with Gasteiger partial charge < -0.3 is 14.5 Å². The summed E-state index contributed by atoms with van der Waals surface area (Å²) in [5.41, 5.74) is 5.77. The van der Waals surface area contributed by atoms with Crippen molar-refractivity contribution >= 4 is 29.0 Å². The molecule has 6 heteroatoms. The van der Waals surface area contributed by atoms with Crippen LogP contribution < -0.4 is 9.80 Å². The molecule has 0 saturated carbocycles. The number of fused-ring (bicyclic) bond motifs is 2. The minimum absolute atomic E-state index is 0.137. The van der Waals surface area contributed by atoms with Crippen molar-refractivity contribution in [2.24, 2.45) is 5.92 Å². The number of anilines is 2. The van der Waals surface area contributed by atoms with Crippen molar-refractivity contribution in [3.63, 3.8) is 0 Å². The summed E-state index contributed by atoms with van der Waals surface area (Å²) >= 11 is 1.81. The van der Waals surface area contributed by atoms with E-state index in [1.54, 1.807) is 0 Å². The summed E-state index contributed by atoms with van der Waals surface area (Å²) in [5.74, 6) is 0.909. The van der Waals surface area contributed by atoms with Gasteiger partial charge in [-0.15, -0.1) is 11.8 Å². The standard InChI is InChI=1S/C32H43N3O2S/c1-4-22(2)33-20-25-14-16-35(30(25)21-33)29-12-9-26(19-31(29)38-3)34-15-13-24-18-23(8-11-28(24)32(34)36)7-10-27-6-5-17-37-27/h8-9,11-12,18-19,22,25,27,30H,4-7,10,13-17,20-21H2,1-3H3. The van der Waals surface area contributed by atoms with Crippen LogP contribution in [0.25, 0.3) is 0 Å². The van der Waals surface area contributed by atoms with Gasteiger partial charge in [0.25, 0.3) is 5.91 Å². The van der Waals surface area contributed by atoms with E-state index in [0.29, 0.717) is 18.2 Å². The van der Waals surface area contributed by atoms with E-state index in [2.05, 4.69) is 66.3 Å². The van der Waals surface area contributed by atoms with Crippen molar-refractivity contribution < 1.29 is 9.53 Å². The number of carbonyl (C=O) groups excluding carboxylic acids is 1. The Morgan fingerprint density at radius 3 is 2.79 bits per heavy atom. The Morgan fingerprint density at radius 1 is 1.11 bits per heavy atom. The number of nitrogens with zero attached hydrogens (tertiary/aromatic N) is 3. The lowest BCUT2D eigenvalue weighted by Crippen LogP contribution is -2.38. The number of likely N-dealkylation sites (tertiary alicyclic amines) is 1. The first-order valence-electron chi connectivity index (χ1n) is 14.8. The summed E-state index contributed by atoms with van der Waals surface area (Å²) in [6.07, 6.45) is 10.5. The van der Waals surface area contributed by atoms with Crippen LogP contribution in [0.3, 0.4) is 0 Å². The molecule has 2 aromatic carbocycles. The summed E-state index contributed by atoms with van der Waals surface area (Å²) in [5, 5.41) is 0. The SMILES string of the molecule is CCC(C)N1CC2CCN(c3ccc(N4CCc5cc(CCC6CCCO6)ccc5C4=O)cc3SC)C2C1. The van der Waals surface area contributed by atoms with Gasteiger partial charge in [0, 0.05) is 61.0 Å². The first-order valence-corrected chi connectivity index (χ1v) is 16.0. The Morgan fingerprint density at radius 2 is 2.00 bits per heavy atom. The van der Waals surface area contributed by atoms with E-state index in [-0.39, 0.29) is 5.91 Å². The van der Waals surface area contributed by atoms with Crippen LogP contribution in [0, 0.1) is 5.92 Å². The van der Waals surface area contributed by atoms with Gasteiger partial charge in [-0.1, -0.05) is 19.1 Å². The third kappa shape index (κ3) is 5.00.